The van der Waals surface area contributed by atoms with Gasteiger partial charge in [-0.3, -0.25) is 0 Å². The highest BCUT2D eigenvalue weighted by molar-refractivity contribution is 9.10. The summed E-state index contributed by atoms with van der Waals surface area (Å²) < 4.78 is 1.15. The SMILES string of the molecule is CC(C)(C)C1CCC(O)(Cc2sccc2Br)CC1. The highest BCUT2D eigenvalue weighted by Gasteiger charge is 2.37. The molecule has 1 nitrogen and oxygen atoms in total. The summed E-state index contributed by atoms with van der Waals surface area (Å²) >= 11 is 5.30. The Morgan fingerprint density at radius 1 is 1.39 bits per heavy atom. The van der Waals surface area contributed by atoms with Crippen molar-refractivity contribution < 1.29 is 5.11 Å². The van der Waals surface area contributed by atoms with Crippen LogP contribution in [-0.4, -0.2) is 10.7 Å². The first-order chi connectivity index (χ1) is 8.30. The number of hydrogen-bond donors (Lipinski definition) is 1. The lowest BCUT2D eigenvalue weighted by Gasteiger charge is -2.41. The summed E-state index contributed by atoms with van der Waals surface area (Å²) in [5.41, 5.74) is -0.0973. The first-order valence-corrected chi connectivity index (χ1v) is 8.42. The molecule has 0 unspecified atom stereocenters. The molecule has 0 radical (unpaired) electrons. The van der Waals surface area contributed by atoms with E-state index < -0.39 is 5.60 Å². The van der Waals surface area contributed by atoms with E-state index in [9.17, 15) is 5.11 Å². The van der Waals surface area contributed by atoms with Crippen LogP contribution in [0.15, 0.2) is 15.9 Å². The fourth-order valence-electron chi connectivity index (χ4n) is 2.95. The summed E-state index contributed by atoms with van der Waals surface area (Å²) in [6.07, 6.45) is 5.01. The highest BCUT2D eigenvalue weighted by atomic mass is 79.9. The monoisotopic (exact) mass is 330 g/mol. The quantitative estimate of drug-likeness (QED) is 0.807. The van der Waals surface area contributed by atoms with Crippen LogP contribution >= 0.6 is 27.3 Å². The fraction of sp³-hybridized carbons (Fsp3) is 0.733. The summed E-state index contributed by atoms with van der Waals surface area (Å²) in [7, 11) is 0. The van der Waals surface area contributed by atoms with Crippen molar-refractivity contribution in [2.45, 2.75) is 58.5 Å². The molecular weight excluding hydrogens is 308 g/mol. The van der Waals surface area contributed by atoms with Gasteiger partial charge in [-0.1, -0.05) is 20.8 Å². The molecule has 0 spiro atoms. The van der Waals surface area contributed by atoms with Gasteiger partial charge in [0.1, 0.15) is 0 Å². The molecule has 1 aliphatic carbocycles. The van der Waals surface area contributed by atoms with Gasteiger partial charge < -0.3 is 5.11 Å². The van der Waals surface area contributed by atoms with Crippen molar-refractivity contribution in [3.63, 3.8) is 0 Å². The van der Waals surface area contributed by atoms with Crippen molar-refractivity contribution in [2.75, 3.05) is 0 Å². The van der Waals surface area contributed by atoms with Crippen LogP contribution in [0.4, 0.5) is 0 Å². The van der Waals surface area contributed by atoms with Gasteiger partial charge in [0.2, 0.25) is 0 Å². The lowest BCUT2D eigenvalue weighted by Crippen LogP contribution is -2.39. The zero-order valence-electron chi connectivity index (χ0n) is 11.5. The predicted molar refractivity (Wildman–Crippen MR) is 82.1 cm³/mol. The molecule has 0 aliphatic heterocycles. The largest absolute Gasteiger partial charge is 0.390 e. The molecule has 1 aromatic rings. The topological polar surface area (TPSA) is 20.2 Å². The van der Waals surface area contributed by atoms with E-state index in [0.717, 1.165) is 42.5 Å². The molecule has 1 heterocycles. The Balaban J connectivity index is 1.97. The van der Waals surface area contributed by atoms with Gasteiger partial charge in [-0.15, -0.1) is 11.3 Å². The Morgan fingerprint density at radius 3 is 2.44 bits per heavy atom. The van der Waals surface area contributed by atoms with Crippen molar-refractivity contribution in [2.24, 2.45) is 11.3 Å². The maximum Gasteiger partial charge on any atom is 0.0696 e. The van der Waals surface area contributed by atoms with E-state index in [0.29, 0.717) is 5.41 Å². The second-order valence-electron chi connectivity index (χ2n) is 6.73. The number of halogens is 1. The molecule has 2 rings (SSSR count). The molecule has 1 N–H and O–H groups in total. The standard InChI is InChI=1S/C15H23BrOS/c1-14(2,3)11-4-7-15(17,8-5-11)10-13-12(16)6-9-18-13/h6,9,11,17H,4-5,7-8,10H2,1-3H3. The van der Waals surface area contributed by atoms with Gasteiger partial charge in [-0.2, -0.15) is 0 Å². The van der Waals surface area contributed by atoms with Gasteiger partial charge in [-0.25, -0.2) is 0 Å². The summed E-state index contributed by atoms with van der Waals surface area (Å²) in [6, 6.07) is 2.07. The van der Waals surface area contributed by atoms with Crippen LogP contribution < -0.4 is 0 Å². The van der Waals surface area contributed by atoms with Crippen LogP contribution in [0.2, 0.25) is 0 Å². The maximum absolute atomic E-state index is 10.7. The zero-order valence-corrected chi connectivity index (χ0v) is 13.9. The third kappa shape index (κ3) is 3.37. The van der Waals surface area contributed by atoms with Crippen molar-refractivity contribution in [3.05, 3.63) is 20.8 Å². The molecule has 102 valence electrons. The van der Waals surface area contributed by atoms with Crippen LogP contribution in [-0.2, 0) is 6.42 Å². The molecule has 0 aromatic carbocycles. The molecule has 18 heavy (non-hydrogen) atoms. The van der Waals surface area contributed by atoms with Gasteiger partial charge in [0.15, 0.2) is 0 Å². The summed E-state index contributed by atoms with van der Waals surface area (Å²) in [4.78, 5) is 1.28. The first-order valence-electron chi connectivity index (χ1n) is 6.74. The predicted octanol–water partition coefficient (Wildman–Crippen LogP) is 5.02. The minimum Gasteiger partial charge on any atom is -0.390 e. The molecule has 1 saturated carbocycles. The van der Waals surface area contributed by atoms with E-state index in [1.165, 1.54) is 4.88 Å². The van der Waals surface area contributed by atoms with Gasteiger partial charge in [0.25, 0.3) is 0 Å². The van der Waals surface area contributed by atoms with Crippen LogP contribution in [0, 0.1) is 11.3 Å². The van der Waals surface area contributed by atoms with Crippen molar-refractivity contribution in [1.82, 2.24) is 0 Å². The summed E-state index contributed by atoms with van der Waals surface area (Å²) in [6.45, 7) is 6.95. The smallest absolute Gasteiger partial charge is 0.0696 e. The highest BCUT2D eigenvalue weighted by Crippen LogP contribution is 2.43. The Kier molecular flexibility index (Phi) is 4.25. The van der Waals surface area contributed by atoms with E-state index in [1.54, 1.807) is 11.3 Å². The van der Waals surface area contributed by atoms with Gasteiger partial charge in [0, 0.05) is 15.8 Å². The number of hydrogen-bond acceptors (Lipinski definition) is 2. The van der Waals surface area contributed by atoms with E-state index >= 15 is 0 Å². The Bertz CT molecular complexity index is 397. The number of rotatable bonds is 2. The third-order valence-electron chi connectivity index (χ3n) is 4.32. The minimum atomic E-state index is -0.477. The Labute approximate surface area is 123 Å². The van der Waals surface area contributed by atoms with Crippen LogP contribution in [0.5, 0.6) is 0 Å². The first kappa shape index (κ1) is 14.5. The van der Waals surface area contributed by atoms with Gasteiger partial charge >= 0.3 is 0 Å². The molecule has 0 bridgehead atoms. The number of aliphatic hydroxyl groups is 1. The molecular formula is C15H23BrOS. The molecule has 0 atom stereocenters. The van der Waals surface area contributed by atoms with Crippen LogP contribution in [0.3, 0.4) is 0 Å². The average Bonchev–Trinajstić information content (AvgIpc) is 2.63. The fourth-order valence-corrected chi connectivity index (χ4v) is 4.58. The molecule has 3 heteroatoms. The van der Waals surface area contributed by atoms with E-state index in [4.69, 9.17) is 0 Å². The normalized spacial score (nSPS) is 29.5. The summed E-state index contributed by atoms with van der Waals surface area (Å²) in [5, 5.41) is 12.8. The molecule has 0 saturated heterocycles. The van der Waals surface area contributed by atoms with Crippen LogP contribution in [0.25, 0.3) is 0 Å². The summed E-state index contributed by atoms with van der Waals surface area (Å²) in [5.74, 6) is 0.754. The Hall–Kier alpha value is 0.140. The zero-order chi connectivity index (χ0) is 13.4. The molecule has 1 aromatic heterocycles. The maximum atomic E-state index is 10.7. The molecule has 1 fully saturated rings. The van der Waals surface area contributed by atoms with Crippen molar-refractivity contribution in [1.29, 1.82) is 0 Å². The lowest BCUT2D eigenvalue weighted by atomic mass is 9.67. The van der Waals surface area contributed by atoms with E-state index in [1.807, 2.05) is 0 Å². The van der Waals surface area contributed by atoms with E-state index in [-0.39, 0.29) is 0 Å². The van der Waals surface area contributed by atoms with Crippen LogP contribution in [0.1, 0.15) is 51.3 Å². The average molecular weight is 331 g/mol. The van der Waals surface area contributed by atoms with E-state index in [2.05, 4.69) is 48.1 Å². The molecule has 0 amide bonds. The second kappa shape index (κ2) is 5.26. The minimum absolute atomic E-state index is 0.380. The third-order valence-corrected chi connectivity index (χ3v) is 6.25. The van der Waals surface area contributed by atoms with Gasteiger partial charge in [-0.05, 0) is 64.4 Å². The number of thiophene rings is 1. The molecule has 1 aliphatic rings. The lowest BCUT2D eigenvalue weighted by molar-refractivity contribution is -0.0240. The second-order valence-corrected chi connectivity index (χ2v) is 8.59. The van der Waals surface area contributed by atoms with Gasteiger partial charge in [0.05, 0.1) is 5.60 Å². The van der Waals surface area contributed by atoms with Crippen molar-refractivity contribution >= 4 is 27.3 Å². The van der Waals surface area contributed by atoms with Crippen molar-refractivity contribution in [3.8, 4) is 0 Å². The Morgan fingerprint density at radius 2 is 2.00 bits per heavy atom.